The number of benzene rings is 1. The second-order valence-corrected chi connectivity index (χ2v) is 4.82. The van der Waals surface area contributed by atoms with Crippen LogP contribution < -0.4 is 10.6 Å². The first-order valence-corrected chi connectivity index (χ1v) is 6.95. The van der Waals surface area contributed by atoms with Crippen molar-refractivity contribution in [2.24, 2.45) is 0 Å². The maximum absolute atomic E-state index is 11.5. The van der Waals surface area contributed by atoms with Crippen LogP contribution in [0.3, 0.4) is 0 Å². The predicted molar refractivity (Wildman–Crippen MR) is 77.8 cm³/mol. The number of halogens is 2. The number of carbonyl (C=O) groups is 2. The van der Waals surface area contributed by atoms with Crippen LogP contribution >= 0.6 is 23.2 Å². The number of carbonyl (C=O) groups excluding carboxylic acids is 2. The molecule has 2 N–H and O–H groups in total. The molecule has 0 aromatic heterocycles. The van der Waals surface area contributed by atoms with E-state index in [1.807, 2.05) is 0 Å². The monoisotopic (exact) mass is 302 g/mol. The molecule has 6 heteroatoms. The van der Waals surface area contributed by atoms with Crippen LogP contribution in [0.1, 0.15) is 25.7 Å². The first kappa shape index (κ1) is 15.8. The number of hydrogen-bond donors (Lipinski definition) is 2. The molecule has 0 atom stereocenters. The molecule has 4 nitrogen and oxygen atoms in total. The fraction of sp³-hybridized carbons (Fsp3) is 0.385. The van der Waals surface area contributed by atoms with Gasteiger partial charge < -0.3 is 5.32 Å². The first-order valence-electron chi connectivity index (χ1n) is 6.04. The van der Waals surface area contributed by atoms with E-state index in [9.17, 15) is 9.59 Å². The van der Waals surface area contributed by atoms with E-state index in [2.05, 4.69) is 10.6 Å². The summed E-state index contributed by atoms with van der Waals surface area (Å²) >= 11 is 11.3. The van der Waals surface area contributed by atoms with Crippen molar-refractivity contribution in [2.45, 2.75) is 25.7 Å². The SMILES string of the molecule is O=C(CCCCCCl)NC(=O)Nc1ccc(Cl)cc1. The Balaban J connectivity index is 2.26. The number of amides is 3. The van der Waals surface area contributed by atoms with Gasteiger partial charge in [0.25, 0.3) is 0 Å². The lowest BCUT2D eigenvalue weighted by Gasteiger charge is -2.06. The molecular formula is C13H16Cl2N2O2. The number of hydrogen-bond acceptors (Lipinski definition) is 2. The average molecular weight is 303 g/mol. The van der Waals surface area contributed by atoms with Crippen LogP contribution in [0.15, 0.2) is 24.3 Å². The van der Waals surface area contributed by atoms with Crippen molar-refractivity contribution in [3.63, 3.8) is 0 Å². The number of alkyl halides is 1. The molecule has 3 amide bonds. The van der Waals surface area contributed by atoms with Crippen LogP contribution in [0.25, 0.3) is 0 Å². The molecule has 0 radical (unpaired) electrons. The highest BCUT2D eigenvalue weighted by Gasteiger charge is 2.07. The third-order valence-corrected chi connectivity index (χ3v) is 2.91. The van der Waals surface area contributed by atoms with Gasteiger partial charge >= 0.3 is 6.03 Å². The highest BCUT2D eigenvalue weighted by atomic mass is 35.5. The molecule has 0 aliphatic carbocycles. The molecule has 0 saturated carbocycles. The summed E-state index contributed by atoms with van der Waals surface area (Å²) in [5.74, 6) is 0.305. The average Bonchev–Trinajstić information content (AvgIpc) is 2.37. The van der Waals surface area contributed by atoms with E-state index in [1.54, 1.807) is 24.3 Å². The van der Waals surface area contributed by atoms with Gasteiger partial charge in [-0.3, -0.25) is 10.1 Å². The molecule has 0 aliphatic heterocycles. The minimum atomic E-state index is -0.537. The lowest BCUT2D eigenvalue weighted by atomic mass is 10.2. The summed E-state index contributed by atoms with van der Waals surface area (Å²) in [7, 11) is 0. The molecule has 19 heavy (non-hydrogen) atoms. The summed E-state index contributed by atoms with van der Waals surface area (Å²) in [6.45, 7) is 0. The van der Waals surface area contributed by atoms with E-state index < -0.39 is 6.03 Å². The molecule has 0 unspecified atom stereocenters. The van der Waals surface area contributed by atoms with E-state index in [0.29, 0.717) is 23.0 Å². The molecular weight excluding hydrogens is 287 g/mol. The molecule has 0 fully saturated rings. The van der Waals surface area contributed by atoms with Crippen LogP contribution in [-0.2, 0) is 4.79 Å². The largest absolute Gasteiger partial charge is 0.325 e. The molecule has 0 bridgehead atoms. The highest BCUT2D eigenvalue weighted by Crippen LogP contribution is 2.13. The van der Waals surface area contributed by atoms with E-state index in [-0.39, 0.29) is 5.91 Å². The fourth-order valence-electron chi connectivity index (χ4n) is 1.44. The molecule has 104 valence electrons. The third-order valence-electron chi connectivity index (χ3n) is 2.39. The molecule has 0 saturated heterocycles. The van der Waals surface area contributed by atoms with Crippen LogP contribution in [0.2, 0.25) is 5.02 Å². The lowest BCUT2D eigenvalue weighted by Crippen LogP contribution is -2.34. The van der Waals surface area contributed by atoms with E-state index in [0.717, 1.165) is 19.3 Å². The van der Waals surface area contributed by atoms with Crippen molar-refractivity contribution in [1.82, 2.24) is 5.32 Å². The predicted octanol–water partition coefficient (Wildman–Crippen LogP) is 3.79. The summed E-state index contributed by atoms with van der Waals surface area (Å²) < 4.78 is 0. The second-order valence-electron chi connectivity index (χ2n) is 4.01. The van der Waals surface area contributed by atoms with E-state index >= 15 is 0 Å². The van der Waals surface area contributed by atoms with Crippen LogP contribution in [-0.4, -0.2) is 17.8 Å². The van der Waals surface area contributed by atoms with Crippen LogP contribution in [0.5, 0.6) is 0 Å². The van der Waals surface area contributed by atoms with Crippen molar-refractivity contribution in [3.05, 3.63) is 29.3 Å². The zero-order valence-corrected chi connectivity index (χ0v) is 11.9. The Morgan fingerprint density at radius 1 is 1.05 bits per heavy atom. The van der Waals surface area contributed by atoms with Crippen LogP contribution in [0, 0.1) is 0 Å². The Morgan fingerprint density at radius 3 is 2.37 bits per heavy atom. The maximum Gasteiger partial charge on any atom is 0.325 e. The van der Waals surface area contributed by atoms with Crippen molar-refractivity contribution >= 4 is 40.8 Å². The van der Waals surface area contributed by atoms with Crippen molar-refractivity contribution in [2.75, 3.05) is 11.2 Å². The van der Waals surface area contributed by atoms with Crippen molar-refractivity contribution in [3.8, 4) is 0 Å². The van der Waals surface area contributed by atoms with Crippen molar-refractivity contribution < 1.29 is 9.59 Å². The molecule has 0 spiro atoms. The molecule has 1 aromatic rings. The van der Waals surface area contributed by atoms with Crippen LogP contribution in [0.4, 0.5) is 10.5 Å². The maximum atomic E-state index is 11.5. The summed E-state index contributed by atoms with van der Waals surface area (Å²) in [6.07, 6.45) is 2.82. The van der Waals surface area contributed by atoms with E-state index in [4.69, 9.17) is 23.2 Å². The second kappa shape index (κ2) is 8.77. The zero-order chi connectivity index (χ0) is 14.1. The zero-order valence-electron chi connectivity index (χ0n) is 10.4. The first-order chi connectivity index (χ1) is 9.11. The minimum absolute atomic E-state index is 0.291. The summed E-state index contributed by atoms with van der Waals surface area (Å²) in [6, 6.07) is 6.10. The normalized spacial score (nSPS) is 10.0. The minimum Gasteiger partial charge on any atom is -0.308 e. The Morgan fingerprint density at radius 2 is 1.74 bits per heavy atom. The van der Waals surface area contributed by atoms with Gasteiger partial charge in [-0.2, -0.15) is 0 Å². The topological polar surface area (TPSA) is 58.2 Å². The summed E-state index contributed by atoms with van der Waals surface area (Å²) in [5, 5.41) is 5.40. The molecule has 1 aromatic carbocycles. The molecule has 0 heterocycles. The van der Waals surface area contributed by atoms with Gasteiger partial charge in [0.2, 0.25) is 5.91 Å². The van der Waals surface area contributed by atoms with Gasteiger partial charge in [-0.15, -0.1) is 11.6 Å². The number of anilines is 1. The standard InChI is InChI=1S/C13H16Cl2N2O2/c14-9-3-1-2-4-12(18)17-13(19)16-11-7-5-10(15)6-8-11/h5-8H,1-4,9H2,(H2,16,17,18,19). The number of imide groups is 1. The highest BCUT2D eigenvalue weighted by molar-refractivity contribution is 6.30. The van der Waals surface area contributed by atoms with Crippen molar-refractivity contribution in [1.29, 1.82) is 0 Å². The molecule has 1 rings (SSSR count). The Hall–Kier alpha value is -1.26. The van der Waals surface area contributed by atoms with Gasteiger partial charge in [0, 0.05) is 23.0 Å². The third kappa shape index (κ3) is 7.03. The number of urea groups is 1. The van der Waals surface area contributed by atoms with Gasteiger partial charge in [-0.1, -0.05) is 18.0 Å². The quantitative estimate of drug-likeness (QED) is 0.620. The van der Waals surface area contributed by atoms with Gasteiger partial charge in [0.05, 0.1) is 0 Å². The smallest absolute Gasteiger partial charge is 0.308 e. The Labute approximate surface area is 122 Å². The Bertz CT molecular complexity index is 421. The number of unbranched alkanes of at least 4 members (excludes halogenated alkanes) is 2. The Kier molecular flexibility index (Phi) is 7.30. The lowest BCUT2D eigenvalue weighted by molar-refractivity contribution is -0.120. The van der Waals surface area contributed by atoms with Gasteiger partial charge in [-0.05, 0) is 37.1 Å². The van der Waals surface area contributed by atoms with E-state index in [1.165, 1.54) is 0 Å². The van der Waals surface area contributed by atoms with Gasteiger partial charge in [0.1, 0.15) is 0 Å². The number of nitrogens with one attached hydrogen (secondary N) is 2. The summed E-state index contributed by atoms with van der Waals surface area (Å²) in [5.41, 5.74) is 0.580. The molecule has 0 aliphatic rings. The van der Waals surface area contributed by atoms with Gasteiger partial charge in [-0.25, -0.2) is 4.79 Å². The summed E-state index contributed by atoms with van der Waals surface area (Å²) in [4.78, 5) is 22.9. The fourth-order valence-corrected chi connectivity index (χ4v) is 1.76. The number of rotatable bonds is 6. The van der Waals surface area contributed by atoms with Gasteiger partial charge in [0.15, 0.2) is 0 Å².